The van der Waals surface area contributed by atoms with Crippen LogP contribution in [-0.4, -0.2) is 17.9 Å². The molecule has 0 fully saturated rings. The first-order valence-electron chi connectivity index (χ1n) is 3.13. The molecule has 0 aliphatic heterocycles. The Morgan fingerprint density at radius 1 is 0.765 bits per heavy atom. The molecular formula is C6H9Cl3LaO6Ru. The minimum atomic E-state index is -1.75. The first-order chi connectivity index (χ1) is 6.93. The Balaban J connectivity index is -0.0000000369. The van der Waals surface area contributed by atoms with Gasteiger partial charge >= 0.3 is 77.7 Å². The monoisotopic (exact) mass is 523 g/mol. The maximum atomic E-state index is 8.89. The molecule has 11 heteroatoms. The minimum absolute atomic E-state index is 0. The Morgan fingerprint density at radius 3 is 0.765 bits per heavy atom. The van der Waals surface area contributed by atoms with Gasteiger partial charge in [-0.3, -0.25) is 0 Å². The molecule has 0 aromatic rings. The summed E-state index contributed by atoms with van der Waals surface area (Å²) >= 11 is -1.75. The SMILES string of the molecule is CC(=O)[O-].CC(=O)[O-].CC(=O)[O-].[Cl][Ru]([Cl])[Cl].[La+3]. The zero-order valence-electron chi connectivity index (χ0n) is 9.01. The average molecular weight is 523 g/mol. The van der Waals surface area contributed by atoms with Crippen molar-refractivity contribution in [3.05, 3.63) is 0 Å². The molecule has 0 N–H and O–H groups in total. The molecule has 0 bridgehead atoms. The smallest absolute Gasteiger partial charge is 3.00 e. The maximum absolute atomic E-state index is 8.89. The van der Waals surface area contributed by atoms with Crippen molar-refractivity contribution in [1.82, 2.24) is 0 Å². The van der Waals surface area contributed by atoms with E-state index in [1.54, 1.807) is 0 Å². The van der Waals surface area contributed by atoms with Gasteiger partial charge in [-0.2, -0.15) is 0 Å². The van der Waals surface area contributed by atoms with E-state index in [9.17, 15) is 0 Å². The van der Waals surface area contributed by atoms with E-state index in [1.807, 2.05) is 0 Å². The Labute approximate surface area is 144 Å². The van der Waals surface area contributed by atoms with Gasteiger partial charge in [0.25, 0.3) is 0 Å². The molecule has 0 aliphatic carbocycles. The predicted octanol–water partition coefficient (Wildman–Crippen LogP) is -1.67. The fraction of sp³-hybridized carbons (Fsp3) is 0.500. The van der Waals surface area contributed by atoms with Crippen molar-refractivity contribution in [3.8, 4) is 0 Å². The number of carboxylic acid groups (broad SMARTS) is 3. The van der Waals surface area contributed by atoms with E-state index in [2.05, 4.69) is 0 Å². The van der Waals surface area contributed by atoms with E-state index in [0.29, 0.717) is 0 Å². The van der Waals surface area contributed by atoms with Crippen LogP contribution in [0.4, 0.5) is 0 Å². The number of halogens is 3. The maximum Gasteiger partial charge on any atom is 3.00 e. The van der Waals surface area contributed by atoms with Gasteiger partial charge in [-0.15, -0.1) is 0 Å². The zero-order valence-corrected chi connectivity index (χ0v) is 16.6. The first kappa shape index (κ1) is 30.8. The van der Waals surface area contributed by atoms with Gasteiger partial charge in [0.15, 0.2) is 0 Å². The summed E-state index contributed by atoms with van der Waals surface area (Å²) in [6.07, 6.45) is 0. The van der Waals surface area contributed by atoms with Gasteiger partial charge in [0.1, 0.15) is 0 Å². The molecule has 0 aromatic carbocycles. The first-order valence-corrected chi connectivity index (χ1v) is 9.84. The van der Waals surface area contributed by atoms with Gasteiger partial charge in [0.05, 0.1) is 0 Å². The van der Waals surface area contributed by atoms with Crippen LogP contribution in [0.1, 0.15) is 20.8 Å². The number of hydrogen-bond acceptors (Lipinski definition) is 6. The number of rotatable bonds is 0. The minimum Gasteiger partial charge on any atom is 3.00 e. The number of aliphatic carboxylic acids is 3. The molecule has 0 heterocycles. The van der Waals surface area contributed by atoms with E-state index in [-0.39, 0.29) is 35.6 Å². The van der Waals surface area contributed by atoms with Gasteiger partial charge in [-0.1, -0.05) is 0 Å². The Bertz CT molecular complexity index is 161. The molecule has 6 nitrogen and oxygen atoms in total. The summed E-state index contributed by atoms with van der Waals surface area (Å²) in [5.41, 5.74) is 0. The topological polar surface area (TPSA) is 120 Å². The van der Waals surface area contributed by atoms with Crippen LogP contribution in [0.5, 0.6) is 0 Å². The molecule has 0 aromatic heterocycles. The van der Waals surface area contributed by atoms with Crippen LogP contribution in [0.15, 0.2) is 0 Å². The van der Waals surface area contributed by atoms with Crippen LogP contribution < -0.4 is 15.3 Å². The Kier molecular flexibility index (Phi) is 46.9. The third kappa shape index (κ3) is 3230. The standard InChI is InChI=1S/3C2H4O2.3ClH.La.Ru/c3*1-2(3)4;;;;;/h3*1H3,(H,3,4);3*1H;;/q;;;;;;2*+3/p-6. The third-order valence-corrected chi connectivity index (χ3v) is 0. The molecule has 0 atom stereocenters. The Hall–Kier alpha value is 1.10. The second kappa shape index (κ2) is 25.8. The molecule has 17 heavy (non-hydrogen) atoms. The van der Waals surface area contributed by atoms with Crippen LogP contribution in [-0.2, 0) is 27.4 Å². The van der Waals surface area contributed by atoms with Crippen LogP contribution in [0, 0.1) is 35.6 Å². The van der Waals surface area contributed by atoms with Crippen molar-refractivity contribution in [1.29, 1.82) is 0 Å². The second-order valence-electron chi connectivity index (χ2n) is 1.63. The molecule has 0 aliphatic rings. The summed E-state index contributed by atoms with van der Waals surface area (Å²) in [5, 5.41) is 26.7. The summed E-state index contributed by atoms with van der Waals surface area (Å²) in [6, 6.07) is 0. The Morgan fingerprint density at radius 2 is 0.765 bits per heavy atom. The summed E-state index contributed by atoms with van der Waals surface area (Å²) in [5.74, 6) is -3.25. The number of carboxylic acids is 3. The van der Waals surface area contributed by atoms with Gasteiger partial charge in [-0.05, 0) is 20.8 Å². The van der Waals surface area contributed by atoms with Crippen molar-refractivity contribution in [2.24, 2.45) is 0 Å². The molecule has 0 saturated carbocycles. The van der Waals surface area contributed by atoms with Gasteiger partial charge < -0.3 is 29.7 Å². The van der Waals surface area contributed by atoms with Gasteiger partial charge in [-0.25, -0.2) is 0 Å². The molecule has 0 rings (SSSR count). The molecule has 0 unspecified atom stereocenters. The summed E-state index contributed by atoms with van der Waals surface area (Å²) in [6.45, 7) is 2.92. The van der Waals surface area contributed by atoms with E-state index in [1.165, 1.54) is 0 Å². The third-order valence-electron chi connectivity index (χ3n) is 0. The van der Waals surface area contributed by atoms with Gasteiger partial charge in [0.2, 0.25) is 0 Å². The van der Waals surface area contributed by atoms with Gasteiger partial charge in [0, 0.05) is 17.9 Å². The number of carbonyl (C=O) groups excluding carboxylic acids is 3. The van der Waals surface area contributed by atoms with Crippen LogP contribution in [0.2, 0.25) is 0 Å². The fourth-order valence-electron chi connectivity index (χ4n) is 0. The van der Waals surface area contributed by atoms with Crippen LogP contribution in [0.25, 0.3) is 0 Å². The molecular weight excluding hydrogens is 514 g/mol. The number of hydrogen-bond donors (Lipinski definition) is 0. The predicted molar refractivity (Wildman–Crippen MR) is 49.6 cm³/mol. The van der Waals surface area contributed by atoms with Crippen molar-refractivity contribution in [2.75, 3.05) is 0 Å². The molecule has 0 amide bonds. The van der Waals surface area contributed by atoms with Crippen molar-refractivity contribution in [3.63, 3.8) is 0 Å². The zero-order chi connectivity index (χ0) is 14.3. The van der Waals surface area contributed by atoms with E-state index >= 15 is 0 Å². The van der Waals surface area contributed by atoms with Crippen molar-refractivity contribution < 1.29 is 78.3 Å². The largest absolute Gasteiger partial charge is 3.00 e. The fourth-order valence-corrected chi connectivity index (χ4v) is 0. The van der Waals surface area contributed by atoms with E-state index in [4.69, 9.17) is 58.8 Å². The van der Waals surface area contributed by atoms with Crippen molar-refractivity contribution in [2.45, 2.75) is 20.8 Å². The van der Waals surface area contributed by atoms with E-state index < -0.39 is 30.9 Å². The molecule has 0 saturated heterocycles. The second-order valence-corrected chi connectivity index (χ2v) is 9.54. The summed E-state index contributed by atoms with van der Waals surface area (Å²) in [7, 11) is 14.8. The normalized spacial score (nSPS) is 7.06. The summed E-state index contributed by atoms with van der Waals surface area (Å²) in [4.78, 5) is 26.7. The van der Waals surface area contributed by atoms with E-state index in [0.717, 1.165) is 20.8 Å². The van der Waals surface area contributed by atoms with Crippen molar-refractivity contribution >= 4 is 47.0 Å². The molecule has 0 spiro atoms. The average Bonchev–Trinajstić information content (AvgIpc) is 1.76. The quantitative estimate of drug-likeness (QED) is 0.351. The molecule has 0 radical (unpaired) electrons. The van der Waals surface area contributed by atoms with Crippen LogP contribution in [0.3, 0.4) is 0 Å². The van der Waals surface area contributed by atoms with Crippen LogP contribution >= 0.6 is 29.1 Å². The number of carbonyl (C=O) groups is 3. The molecule has 101 valence electrons. The summed E-state index contributed by atoms with van der Waals surface area (Å²) < 4.78 is 0.